The first-order valence-electron chi connectivity index (χ1n) is 4.46. The number of ether oxygens (including phenoxy) is 1. The van der Waals surface area contributed by atoms with Crippen molar-refractivity contribution < 1.29 is 14.6 Å². The van der Waals surface area contributed by atoms with Gasteiger partial charge >= 0.3 is 5.97 Å². The third-order valence-corrected chi connectivity index (χ3v) is 1.97. The third kappa shape index (κ3) is 2.42. The lowest BCUT2D eigenvalue weighted by atomic mass is 10.0. The summed E-state index contributed by atoms with van der Waals surface area (Å²) in [6, 6.07) is 0. The Morgan fingerprint density at radius 2 is 2.38 bits per heavy atom. The molecule has 0 unspecified atom stereocenters. The maximum absolute atomic E-state index is 11.1. The molecule has 0 aromatic heterocycles. The molecule has 1 aliphatic heterocycles. The number of carbonyl (C=O) groups is 1. The Bertz CT molecular complexity index is 253. The number of hydrogen-bond acceptors (Lipinski definition) is 3. The number of unbranched alkanes of at least 4 members (excludes halogenated alkanes) is 1. The average molecular weight is 182 g/mol. The summed E-state index contributed by atoms with van der Waals surface area (Å²) in [7, 11) is 0. The minimum absolute atomic E-state index is 0.315. The number of aliphatic hydroxyl groups excluding tert-OH is 1. The predicted octanol–water partition coefficient (Wildman–Crippen LogP) is 1.53. The normalized spacial score (nSPS) is 18.5. The second-order valence-corrected chi connectivity index (χ2v) is 3.11. The zero-order valence-electron chi connectivity index (χ0n) is 7.75. The second-order valence-electron chi connectivity index (χ2n) is 3.11. The highest BCUT2D eigenvalue weighted by Crippen LogP contribution is 2.21. The first-order chi connectivity index (χ1) is 6.15. The van der Waals surface area contributed by atoms with Crippen LogP contribution >= 0.6 is 0 Å². The van der Waals surface area contributed by atoms with E-state index in [0.717, 1.165) is 12.8 Å². The summed E-state index contributed by atoms with van der Waals surface area (Å²) in [6.07, 6.45) is 3.30. The van der Waals surface area contributed by atoms with E-state index in [1.54, 1.807) is 0 Å². The molecule has 0 saturated heterocycles. The number of esters is 1. The molecule has 3 nitrogen and oxygen atoms in total. The molecule has 0 aromatic carbocycles. The number of carbonyl (C=O) groups excluding carboxylic acids is 1. The van der Waals surface area contributed by atoms with Crippen LogP contribution in [0.4, 0.5) is 0 Å². The topological polar surface area (TPSA) is 46.5 Å². The number of rotatable bonds is 4. The van der Waals surface area contributed by atoms with Crippen molar-refractivity contribution in [1.82, 2.24) is 0 Å². The first-order valence-corrected chi connectivity index (χ1v) is 4.46. The van der Waals surface area contributed by atoms with E-state index in [0.29, 0.717) is 17.8 Å². The van der Waals surface area contributed by atoms with Gasteiger partial charge in [0.15, 0.2) is 0 Å². The Labute approximate surface area is 77.7 Å². The fourth-order valence-corrected chi connectivity index (χ4v) is 1.23. The highest BCUT2D eigenvalue weighted by molar-refractivity contribution is 5.93. The van der Waals surface area contributed by atoms with E-state index in [9.17, 15) is 9.90 Å². The largest absolute Gasteiger partial charge is 0.424 e. The molecule has 1 aliphatic rings. The van der Waals surface area contributed by atoms with Crippen LogP contribution in [0.5, 0.6) is 0 Å². The van der Waals surface area contributed by atoms with Gasteiger partial charge in [-0.1, -0.05) is 26.3 Å². The van der Waals surface area contributed by atoms with Crippen LogP contribution in [0, 0.1) is 0 Å². The van der Waals surface area contributed by atoms with Gasteiger partial charge in [0.25, 0.3) is 0 Å². The first kappa shape index (κ1) is 9.99. The van der Waals surface area contributed by atoms with Crippen molar-refractivity contribution in [2.45, 2.75) is 32.3 Å². The van der Waals surface area contributed by atoms with Crippen molar-refractivity contribution in [2.75, 3.05) is 0 Å². The van der Waals surface area contributed by atoms with E-state index in [1.807, 2.05) is 6.92 Å². The molecule has 0 bridgehead atoms. The molecule has 0 aliphatic carbocycles. The van der Waals surface area contributed by atoms with Gasteiger partial charge in [0.05, 0.1) is 11.7 Å². The summed E-state index contributed by atoms with van der Waals surface area (Å²) >= 11 is 0. The van der Waals surface area contributed by atoms with Crippen molar-refractivity contribution in [3.8, 4) is 0 Å². The lowest BCUT2D eigenvalue weighted by molar-refractivity contribution is -0.134. The molecule has 1 atom stereocenters. The summed E-state index contributed by atoms with van der Waals surface area (Å²) in [5, 5.41) is 9.56. The van der Waals surface area contributed by atoms with E-state index in [-0.39, 0.29) is 0 Å². The minimum atomic E-state index is -0.702. The standard InChI is InChI=1S/C10H14O3/c1-3-4-5-9(11)8-6-7(2)13-10(8)12/h6,9,11H,2-5H2,1H3/t9-/m1/s1. The fraction of sp³-hybridized carbons (Fsp3) is 0.500. The van der Waals surface area contributed by atoms with Gasteiger partial charge in [-0.3, -0.25) is 0 Å². The predicted molar refractivity (Wildman–Crippen MR) is 48.8 cm³/mol. The van der Waals surface area contributed by atoms with Gasteiger partial charge < -0.3 is 9.84 Å². The Morgan fingerprint density at radius 3 is 2.85 bits per heavy atom. The maximum atomic E-state index is 11.1. The number of cyclic esters (lactones) is 1. The summed E-state index contributed by atoms with van der Waals surface area (Å²) < 4.78 is 4.69. The average Bonchev–Trinajstić information content (AvgIpc) is 2.41. The Morgan fingerprint density at radius 1 is 1.69 bits per heavy atom. The SMILES string of the molecule is C=C1C=C([C@H](O)CCCC)C(=O)O1. The zero-order chi connectivity index (χ0) is 9.84. The van der Waals surface area contributed by atoms with E-state index < -0.39 is 12.1 Å². The van der Waals surface area contributed by atoms with Crippen LogP contribution in [-0.2, 0) is 9.53 Å². The lowest BCUT2D eigenvalue weighted by Gasteiger charge is -2.07. The van der Waals surface area contributed by atoms with E-state index in [4.69, 9.17) is 0 Å². The Balaban J connectivity index is 2.55. The molecule has 1 rings (SSSR count). The van der Waals surface area contributed by atoms with Gasteiger partial charge in [-0.25, -0.2) is 4.79 Å². The third-order valence-electron chi connectivity index (χ3n) is 1.97. The summed E-state index contributed by atoms with van der Waals surface area (Å²) in [5.41, 5.74) is 0.332. The molecule has 1 N–H and O–H groups in total. The van der Waals surface area contributed by atoms with Crippen LogP contribution < -0.4 is 0 Å². The number of hydrogen-bond donors (Lipinski definition) is 1. The highest BCUT2D eigenvalue weighted by Gasteiger charge is 2.25. The van der Waals surface area contributed by atoms with E-state index in [1.165, 1.54) is 6.08 Å². The van der Waals surface area contributed by atoms with Crippen molar-refractivity contribution in [2.24, 2.45) is 0 Å². The quantitative estimate of drug-likeness (QED) is 0.671. The van der Waals surface area contributed by atoms with Gasteiger partial charge in [-0.2, -0.15) is 0 Å². The van der Waals surface area contributed by atoms with Gasteiger partial charge in [-0.05, 0) is 12.5 Å². The Hall–Kier alpha value is -1.09. The monoisotopic (exact) mass is 182 g/mol. The number of allylic oxidation sites excluding steroid dienone is 1. The molecule has 0 radical (unpaired) electrons. The molecule has 72 valence electrons. The molecule has 0 fully saturated rings. The van der Waals surface area contributed by atoms with Gasteiger partial charge in [-0.15, -0.1) is 0 Å². The number of aliphatic hydroxyl groups is 1. The summed E-state index contributed by atoms with van der Waals surface area (Å²) in [6.45, 7) is 5.52. The maximum Gasteiger partial charge on any atom is 0.342 e. The summed E-state index contributed by atoms with van der Waals surface area (Å²) in [5.74, 6) is -0.149. The summed E-state index contributed by atoms with van der Waals surface area (Å²) in [4.78, 5) is 11.1. The highest BCUT2D eigenvalue weighted by atomic mass is 16.5. The molecular formula is C10H14O3. The van der Waals surface area contributed by atoms with Crippen LogP contribution in [0.3, 0.4) is 0 Å². The molecule has 13 heavy (non-hydrogen) atoms. The van der Waals surface area contributed by atoms with Crippen molar-refractivity contribution >= 4 is 5.97 Å². The smallest absolute Gasteiger partial charge is 0.342 e. The van der Waals surface area contributed by atoms with Crippen LogP contribution in [0.1, 0.15) is 26.2 Å². The van der Waals surface area contributed by atoms with Crippen molar-refractivity contribution in [3.63, 3.8) is 0 Å². The van der Waals surface area contributed by atoms with Gasteiger partial charge in [0, 0.05) is 0 Å². The fourth-order valence-electron chi connectivity index (χ4n) is 1.23. The molecule has 1 heterocycles. The van der Waals surface area contributed by atoms with Crippen LogP contribution in [0.2, 0.25) is 0 Å². The van der Waals surface area contributed by atoms with Crippen LogP contribution in [0.25, 0.3) is 0 Å². The van der Waals surface area contributed by atoms with Crippen LogP contribution in [-0.4, -0.2) is 17.2 Å². The van der Waals surface area contributed by atoms with Crippen molar-refractivity contribution in [1.29, 1.82) is 0 Å². The van der Waals surface area contributed by atoms with Crippen LogP contribution in [0.15, 0.2) is 24.0 Å². The molecule has 3 heteroatoms. The molecule has 0 aromatic rings. The van der Waals surface area contributed by atoms with E-state index in [2.05, 4.69) is 11.3 Å². The molecule has 0 amide bonds. The van der Waals surface area contributed by atoms with E-state index >= 15 is 0 Å². The minimum Gasteiger partial charge on any atom is -0.424 e. The lowest BCUT2D eigenvalue weighted by Crippen LogP contribution is -2.15. The molecular weight excluding hydrogens is 168 g/mol. The molecule has 0 spiro atoms. The molecule has 0 saturated carbocycles. The second kappa shape index (κ2) is 4.23. The van der Waals surface area contributed by atoms with Crippen molar-refractivity contribution in [3.05, 3.63) is 24.0 Å². The van der Waals surface area contributed by atoms with Gasteiger partial charge in [0.1, 0.15) is 5.76 Å². The zero-order valence-corrected chi connectivity index (χ0v) is 7.75. The Kier molecular flexibility index (Phi) is 3.25. The van der Waals surface area contributed by atoms with Gasteiger partial charge in [0.2, 0.25) is 0 Å².